The molecule has 2 rings (SSSR count). The molecule has 1 saturated heterocycles. The lowest BCUT2D eigenvalue weighted by molar-refractivity contribution is -0.206. The molecule has 1 aliphatic rings. The van der Waals surface area contributed by atoms with Crippen molar-refractivity contribution >= 4 is 11.8 Å². The van der Waals surface area contributed by atoms with Gasteiger partial charge in [-0.05, 0) is 24.3 Å². The molecule has 2 N–H and O–H groups in total. The summed E-state index contributed by atoms with van der Waals surface area (Å²) in [4.78, 5) is 12.9. The highest BCUT2D eigenvalue weighted by molar-refractivity contribution is 5.89. The monoisotopic (exact) mass is 335 g/mol. The van der Waals surface area contributed by atoms with Crippen molar-refractivity contribution in [2.75, 3.05) is 24.7 Å². The molecule has 1 aromatic carbocycles. The van der Waals surface area contributed by atoms with Crippen LogP contribution < -0.4 is 9.64 Å². The molecule has 1 aromatic rings. The fraction of sp³-hybridized carbons (Fsp3) is 0.500. The smallest absolute Gasteiger partial charge is 0.414 e. The lowest BCUT2D eigenvalue weighted by Gasteiger charge is -2.16. The van der Waals surface area contributed by atoms with E-state index < -0.39 is 30.9 Å². The Labute approximate surface area is 130 Å². The fourth-order valence-electron chi connectivity index (χ4n) is 2.00. The van der Waals surface area contributed by atoms with E-state index in [1.807, 2.05) is 0 Å². The Morgan fingerprint density at radius 3 is 2.52 bits per heavy atom. The van der Waals surface area contributed by atoms with E-state index in [1.54, 1.807) is 12.1 Å². The zero-order valence-electron chi connectivity index (χ0n) is 12.0. The van der Waals surface area contributed by atoms with Gasteiger partial charge in [-0.1, -0.05) is 0 Å². The van der Waals surface area contributed by atoms with Crippen molar-refractivity contribution in [1.29, 1.82) is 0 Å². The van der Waals surface area contributed by atoms with Gasteiger partial charge in [-0.3, -0.25) is 4.90 Å². The molecule has 1 amide bonds. The van der Waals surface area contributed by atoms with Gasteiger partial charge in [0.05, 0.1) is 19.8 Å². The number of anilines is 1. The molecule has 128 valence electrons. The SMILES string of the molecule is O=C1OC(CO)CN1c1ccc(OCCC(O)C(F)(F)F)cc1. The van der Waals surface area contributed by atoms with Crippen LogP contribution in [0.5, 0.6) is 5.75 Å². The van der Waals surface area contributed by atoms with E-state index in [-0.39, 0.29) is 19.8 Å². The molecule has 9 heteroatoms. The molecule has 0 radical (unpaired) electrons. The molecule has 0 spiro atoms. The number of carbonyl (C=O) groups is 1. The van der Waals surface area contributed by atoms with Crippen LogP contribution in [-0.2, 0) is 4.74 Å². The number of carbonyl (C=O) groups excluding carboxylic acids is 1. The molecular weight excluding hydrogens is 319 g/mol. The lowest BCUT2D eigenvalue weighted by atomic mass is 10.2. The maximum atomic E-state index is 12.1. The number of hydrogen-bond donors (Lipinski definition) is 2. The molecule has 6 nitrogen and oxygen atoms in total. The van der Waals surface area contributed by atoms with Gasteiger partial charge in [0.1, 0.15) is 11.9 Å². The lowest BCUT2D eigenvalue weighted by Crippen LogP contribution is -2.30. The van der Waals surface area contributed by atoms with Crippen LogP contribution in [0.1, 0.15) is 6.42 Å². The van der Waals surface area contributed by atoms with Gasteiger partial charge < -0.3 is 19.7 Å². The van der Waals surface area contributed by atoms with Gasteiger partial charge in [0, 0.05) is 12.1 Å². The Balaban J connectivity index is 1.87. The first-order chi connectivity index (χ1) is 10.8. The van der Waals surface area contributed by atoms with Crippen molar-refractivity contribution in [2.45, 2.75) is 24.8 Å². The van der Waals surface area contributed by atoms with E-state index in [1.165, 1.54) is 17.0 Å². The number of ether oxygens (including phenoxy) is 2. The first-order valence-corrected chi connectivity index (χ1v) is 6.88. The van der Waals surface area contributed by atoms with E-state index in [2.05, 4.69) is 0 Å². The third-order valence-corrected chi connectivity index (χ3v) is 3.26. The van der Waals surface area contributed by atoms with Crippen LogP contribution >= 0.6 is 0 Å². The summed E-state index contributed by atoms with van der Waals surface area (Å²) in [5.74, 6) is 0.314. The third kappa shape index (κ3) is 4.49. The summed E-state index contributed by atoms with van der Waals surface area (Å²) in [6.07, 6.45) is -8.81. The summed E-state index contributed by atoms with van der Waals surface area (Å²) in [6, 6.07) is 6.09. The van der Waals surface area contributed by atoms with Crippen LogP contribution in [-0.4, -0.2) is 54.4 Å². The predicted molar refractivity (Wildman–Crippen MR) is 73.3 cm³/mol. The van der Waals surface area contributed by atoms with Crippen molar-refractivity contribution in [3.8, 4) is 5.75 Å². The maximum absolute atomic E-state index is 12.1. The minimum atomic E-state index is -4.66. The third-order valence-electron chi connectivity index (χ3n) is 3.26. The second kappa shape index (κ2) is 7.05. The summed E-state index contributed by atoms with van der Waals surface area (Å²) in [6.45, 7) is -0.351. The average molecular weight is 335 g/mol. The number of hydrogen-bond acceptors (Lipinski definition) is 5. The summed E-state index contributed by atoms with van der Waals surface area (Å²) in [5.41, 5.74) is 0.522. The summed E-state index contributed by atoms with van der Waals surface area (Å²) in [7, 11) is 0. The fourth-order valence-corrected chi connectivity index (χ4v) is 2.00. The highest BCUT2D eigenvalue weighted by Gasteiger charge is 2.37. The van der Waals surface area contributed by atoms with Gasteiger partial charge in [0.2, 0.25) is 0 Å². The molecule has 1 fully saturated rings. The van der Waals surface area contributed by atoms with Crippen molar-refractivity contribution in [2.24, 2.45) is 0 Å². The minimum Gasteiger partial charge on any atom is -0.493 e. The average Bonchev–Trinajstić information content (AvgIpc) is 2.88. The Hall–Kier alpha value is -2.00. The highest BCUT2D eigenvalue weighted by atomic mass is 19.4. The van der Waals surface area contributed by atoms with Gasteiger partial charge in [-0.25, -0.2) is 4.79 Å². The summed E-state index contributed by atoms with van der Waals surface area (Å²) in [5, 5.41) is 17.8. The number of halogens is 3. The quantitative estimate of drug-likeness (QED) is 0.827. The Kier molecular flexibility index (Phi) is 5.32. The van der Waals surface area contributed by atoms with Crippen molar-refractivity contribution in [3.05, 3.63) is 24.3 Å². The predicted octanol–water partition coefficient (Wildman–Crippen LogP) is 1.70. The number of amides is 1. The molecule has 0 bridgehead atoms. The number of aliphatic hydroxyl groups excluding tert-OH is 2. The zero-order chi connectivity index (χ0) is 17.0. The standard InChI is InChI=1S/C14H16F3NO5/c15-14(16,17)12(20)5-6-22-10-3-1-9(2-4-10)18-7-11(8-19)23-13(18)21/h1-4,11-12,19-20H,5-8H2. The Morgan fingerprint density at radius 1 is 1.35 bits per heavy atom. The van der Waals surface area contributed by atoms with Crippen molar-refractivity contribution in [1.82, 2.24) is 0 Å². The van der Waals surface area contributed by atoms with Crippen LogP contribution in [0.3, 0.4) is 0 Å². The first kappa shape index (κ1) is 17.4. The number of aliphatic hydroxyl groups is 2. The molecule has 23 heavy (non-hydrogen) atoms. The number of benzene rings is 1. The van der Waals surface area contributed by atoms with Crippen molar-refractivity contribution < 1.29 is 37.7 Å². The van der Waals surface area contributed by atoms with Gasteiger partial charge >= 0.3 is 12.3 Å². The zero-order valence-corrected chi connectivity index (χ0v) is 12.0. The van der Waals surface area contributed by atoms with Crippen LogP contribution in [0.15, 0.2) is 24.3 Å². The molecule has 0 aromatic heterocycles. The molecule has 0 saturated carbocycles. The van der Waals surface area contributed by atoms with E-state index in [4.69, 9.17) is 19.7 Å². The minimum absolute atomic E-state index is 0.216. The molecular formula is C14H16F3NO5. The number of rotatable bonds is 6. The normalized spacial score (nSPS) is 19.6. The van der Waals surface area contributed by atoms with Crippen molar-refractivity contribution in [3.63, 3.8) is 0 Å². The van der Waals surface area contributed by atoms with E-state index in [9.17, 15) is 18.0 Å². The van der Waals surface area contributed by atoms with Crippen LogP contribution in [0, 0.1) is 0 Å². The molecule has 2 unspecified atom stereocenters. The molecule has 1 aliphatic heterocycles. The molecule has 1 heterocycles. The summed E-state index contributed by atoms with van der Waals surface area (Å²) >= 11 is 0. The molecule has 2 atom stereocenters. The van der Waals surface area contributed by atoms with Crippen LogP contribution in [0.2, 0.25) is 0 Å². The van der Waals surface area contributed by atoms with Crippen LogP contribution in [0.25, 0.3) is 0 Å². The van der Waals surface area contributed by atoms with E-state index in [0.717, 1.165) is 0 Å². The van der Waals surface area contributed by atoms with Crippen LogP contribution in [0.4, 0.5) is 23.7 Å². The van der Waals surface area contributed by atoms with Gasteiger partial charge in [0.15, 0.2) is 6.10 Å². The summed E-state index contributed by atoms with van der Waals surface area (Å²) < 4.78 is 46.4. The molecule has 0 aliphatic carbocycles. The highest BCUT2D eigenvalue weighted by Crippen LogP contribution is 2.25. The van der Waals surface area contributed by atoms with Gasteiger partial charge in [-0.15, -0.1) is 0 Å². The topological polar surface area (TPSA) is 79.2 Å². The maximum Gasteiger partial charge on any atom is 0.414 e. The van der Waals surface area contributed by atoms with Gasteiger partial charge in [0.25, 0.3) is 0 Å². The second-order valence-electron chi connectivity index (χ2n) is 4.99. The number of alkyl halides is 3. The first-order valence-electron chi connectivity index (χ1n) is 6.88. The second-order valence-corrected chi connectivity index (χ2v) is 4.99. The Bertz CT molecular complexity index is 534. The number of cyclic esters (lactones) is 1. The van der Waals surface area contributed by atoms with Gasteiger partial charge in [-0.2, -0.15) is 13.2 Å². The largest absolute Gasteiger partial charge is 0.493 e. The Morgan fingerprint density at radius 2 is 2.00 bits per heavy atom. The van der Waals surface area contributed by atoms with E-state index in [0.29, 0.717) is 11.4 Å². The van der Waals surface area contributed by atoms with E-state index >= 15 is 0 Å². The number of nitrogens with zero attached hydrogens (tertiary/aromatic N) is 1.